The van der Waals surface area contributed by atoms with Crippen LogP contribution in [0.15, 0.2) is 10.7 Å². The van der Waals surface area contributed by atoms with E-state index in [1.54, 1.807) is 6.26 Å². The maximum absolute atomic E-state index is 4.48. The van der Waals surface area contributed by atoms with Crippen LogP contribution in [0.4, 0.5) is 0 Å². The molecule has 0 aliphatic carbocycles. The predicted molar refractivity (Wildman–Crippen MR) is 20.1 cm³/mol. The molecule has 0 N–H and O–H groups in total. The first-order valence-electron chi connectivity index (χ1n) is 1.68. The molecule has 0 unspecified atom stereocenters. The third-order valence-electron chi connectivity index (χ3n) is 0.504. The summed E-state index contributed by atoms with van der Waals surface area (Å²) in [7, 11) is 0. The fraction of sp³-hybridized carbons (Fsp3) is 0.250. The predicted octanol–water partition coefficient (Wildman–Crippen LogP) is 0.783. The molecule has 0 atom stereocenters. The SMILES string of the molecule is Cc1co[c]n1. The molecule has 0 fully saturated rings. The van der Waals surface area contributed by atoms with Crippen molar-refractivity contribution in [3.8, 4) is 0 Å². The smallest absolute Gasteiger partial charge is 0.283 e. The van der Waals surface area contributed by atoms with Crippen LogP contribution in [0.1, 0.15) is 5.69 Å². The molecule has 2 heteroatoms. The van der Waals surface area contributed by atoms with Gasteiger partial charge in [0.1, 0.15) is 6.26 Å². The van der Waals surface area contributed by atoms with E-state index in [1.165, 1.54) is 0 Å². The summed E-state index contributed by atoms with van der Waals surface area (Å²) in [5.74, 6) is 0. The van der Waals surface area contributed by atoms with Crippen LogP contribution in [0, 0.1) is 13.3 Å². The van der Waals surface area contributed by atoms with Crippen molar-refractivity contribution in [3.63, 3.8) is 0 Å². The van der Waals surface area contributed by atoms with Crippen LogP contribution in [0.3, 0.4) is 0 Å². The van der Waals surface area contributed by atoms with Gasteiger partial charge in [0, 0.05) is 0 Å². The molecule has 0 spiro atoms. The zero-order chi connectivity index (χ0) is 4.41. The van der Waals surface area contributed by atoms with E-state index in [0.717, 1.165) is 5.69 Å². The Morgan fingerprint density at radius 3 is 3.00 bits per heavy atom. The van der Waals surface area contributed by atoms with Gasteiger partial charge in [0.05, 0.1) is 5.69 Å². The quantitative estimate of drug-likeness (QED) is 0.462. The van der Waals surface area contributed by atoms with Crippen molar-refractivity contribution in [1.29, 1.82) is 0 Å². The number of hydrogen-bond donors (Lipinski definition) is 0. The number of hydrogen-bond acceptors (Lipinski definition) is 2. The van der Waals surface area contributed by atoms with Crippen molar-refractivity contribution < 1.29 is 4.42 Å². The minimum Gasteiger partial charge on any atom is -0.441 e. The van der Waals surface area contributed by atoms with Gasteiger partial charge in [-0.25, -0.2) is 4.98 Å². The number of nitrogens with zero attached hydrogens (tertiary/aromatic N) is 1. The van der Waals surface area contributed by atoms with E-state index in [1.807, 2.05) is 6.92 Å². The average Bonchev–Trinajstić information content (AvgIpc) is 1.86. The maximum atomic E-state index is 4.48. The lowest BCUT2D eigenvalue weighted by Gasteiger charge is -1.61. The molecule has 0 aromatic carbocycles. The topological polar surface area (TPSA) is 26.0 Å². The van der Waals surface area contributed by atoms with Gasteiger partial charge < -0.3 is 4.42 Å². The van der Waals surface area contributed by atoms with Gasteiger partial charge >= 0.3 is 0 Å². The Morgan fingerprint density at radius 2 is 2.83 bits per heavy atom. The lowest BCUT2D eigenvalue weighted by Crippen LogP contribution is -1.60. The normalized spacial score (nSPS) is 8.83. The van der Waals surface area contributed by atoms with Crippen molar-refractivity contribution >= 4 is 0 Å². The molecule has 2 nitrogen and oxygen atoms in total. The van der Waals surface area contributed by atoms with Gasteiger partial charge in [-0.15, -0.1) is 0 Å². The molecule has 1 rings (SSSR count). The molecular weight excluding hydrogens is 78.1 g/mol. The molecular formula is C4H4NO. The molecule has 0 aliphatic heterocycles. The Balaban J connectivity index is 3.05. The van der Waals surface area contributed by atoms with E-state index in [2.05, 4.69) is 15.8 Å². The van der Waals surface area contributed by atoms with Crippen LogP contribution in [-0.4, -0.2) is 4.98 Å². The van der Waals surface area contributed by atoms with E-state index in [0.29, 0.717) is 0 Å². The second-order valence-corrected chi connectivity index (χ2v) is 1.08. The van der Waals surface area contributed by atoms with Crippen molar-refractivity contribution in [3.05, 3.63) is 18.4 Å². The third-order valence-corrected chi connectivity index (χ3v) is 0.504. The highest BCUT2D eigenvalue weighted by molar-refractivity contribution is 4.82. The van der Waals surface area contributed by atoms with E-state index >= 15 is 0 Å². The monoisotopic (exact) mass is 82.0 g/mol. The van der Waals surface area contributed by atoms with Crippen LogP contribution in [0.5, 0.6) is 0 Å². The average molecular weight is 82.1 g/mol. The van der Waals surface area contributed by atoms with Crippen LogP contribution in [0.2, 0.25) is 0 Å². The molecule has 1 radical (unpaired) electrons. The molecule has 31 valence electrons. The summed E-state index contributed by atoms with van der Waals surface area (Å²) in [5.41, 5.74) is 0.870. The zero-order valence-corrected chi connectivity index (χ0v) is 3.43. The lowest BCUT2D eigenvalue weighted by atomic mass is 10.6. The highest BCUT2D eigenvalue weighted by atomic mass is 16.3. The molecule has 1 aromatic heterocycles. The van der Waals surface area contributed by atoms with E-state index in [-0.39, 0.29) is 0 Å². The summed E-state index contributed by atoms with van der Waals surface area (Å²) < 4.78 is 4.48. The number of oxazole rings is 1. The molecule has 6 heavy (non-hydrogen) atoms. The first kappa shape index (κ1) is 3.40. The standard InChI is InChI=1S/C4H4NO/c1-4-2-6-3-5-4/h2H,1H3. The summed E-state index contributed by atoms with van der Waals surface area (Å²) in [6.07, 6.45) is 3.85. The van der Waals surface area contributed by atoms with Crippen molar-refractivity contribution in [2.45, 2.75) is 6.92 Å². The van der Waals surface area contributed by atoms with Gasteiger partial charge in [0.2, 0.25) is 0 Å². The van der Waals surface area contributed by atoms with Gasteiger partial charge in [-0.05, 0) is 6.92 Å². The summed E-state index contributed by atoms with van der Waals surface area (Å²) in [6, 6.07) is 0. The lowest BCUT2D eigenvalue weighted by molar-refractivity contribution is 0.547. The van der Waals surface area contributed by atoms with Crippen LogP contribution in [0.25, 0.3) is 0 Å². The molecule has 0 bridgehead atoms. The molecule has 1 aromatic rings. The highest BCUT2D eigenvalue weighted by Gasteiger charge is 1.79. The van der Waals surface area contributed by atoms with Crippen molar-refractivity contribution in [1.82, 2.24) is 4.98 Å². The summed E-state index contributed by atoms with van der Waals surface area (Å²) in [5, 5.41) is 0. The molecule has 0 saturated carbocycles. The zero-order valence-electron chi connectivity index (χ0n) is 3.43. The van der Waals surface area contributed by atoms with Gasteiger partial charge in [-0.1, -0.05) is 0 Å². The van der Waals surface area contributed by atoms with Gasteiger partial charge in [-0.2, -0.15) is 0 Å². The van der Waals surface area contributed by atoms with Gasteiger partial charge in [0.25, 0.3) is 6.39 Å². The number of rotatable bonds is 0. The molecule has 1 heterocycles. The minimum absolute atomic E-state index is 0.870. The third kappa shape index (κ3) is 0.407. The fourth-order valence-corrected chi connectivity index (χ4v) is 0.236. The second-order valence-electron chi connectivity index (χ2n) is 1.08. The summed E-state index contributed by atoms with van der Waals surface area (Å²) in [4.78, 5) is 3.62. The van der Waals surface area contributed by atoms with Crippen LogP contribution in [-0.2, 0) is 0 Å². The highest BCUT2D eigenvalue weighted by Crippen LogP contribution is 1.85. The van der Waals surface area contributed by atoms with Crippen LogP contribution < -0.4 is 0 Å². The Hall–Kier alpha value is -0.790. The van der Waals surface area contributed by atoms with Crippen molar-refractivity contribution in [2.75, 3.05) is 0 Å². The Kier molecular flexibility index (Phi) is 0.638. The number of aryl methyl sites for hydroxylation is 1. The summed E-state index contributed by atoms with van der Waals surface area (Å²) in [6.45, 7) is 1.85. The van der Waals surface area contributed by atoms with Gasteiger partial charge in [-0.3, -0.25) is 0 Å². The fourth-order valence-electron chi connectivity index (χ4n) is 0.236. The Labute approximate surface area is 35.8 Å². The second kappa shape index (κ2) is 1.12. The van der Waals surface area contributed by atoms with E-state index in [9.17, 15) is 0 Å². The Bertz CT molecular complexity index is 111. The van der Waals surface area contributed by atoms with Crippen molar-refractivity contribution in [2.24, 2.45) is 0 Å². The summed E-state index contributed by atoms with van der Waals surface area (Å²) >= 11 is 0. The Morgan fingerprint density at radius 1 is 2.00 bits per heavy atom. The number of aromatic nitrogens is 1. The first-order valence-corrected chi connectivity index (χ1v) is 1.68. The molecule has 0 aliphatic rings. The van der Waals surface area contributed by atoms with Crippen LogP contribution >= 0.6 is 0 Å². The first-order chi connectivity index (χ1) is 2.89. The molecule has 0 saturated heterocycles. The van der Waals surface area contributed by atoms with Gasteiger partial charge in [0.15, 0.2) is 0 Å². The molecule has 0 amide bonds. The maximum Gasteiger partial charge on any atom is 0.283 e. The van der Waals surface area contributed by atoms with E-state index < -0.39 is 0 Å². The largest absolute Gasteiger partial charge is 0.441 e. The van der Waals surface area contributed by atoms with E-state index in [4.69, 9.17) is 0 Å². The minimum atomic E-state index is 0.870.